The molecule has 0 unspecified atom stereocenters. The average Bonchev–Trinajstić information content (AvgIpc) is 1.85. The van der Waals surface area contributed by atoms with Gasteiger partial charge in [-0.3, -0.25) is 10.1 Å². The number of hydrogen-bond acceptors (Lipinski definition) is 2. The van der Waals surface area contributed by atoms with Crippen LogP contribution in [0, 0.1) is 0 Å². The molecule has 0 aliphatic rings. The second-order valence-corrected chi connectivity index (χ2v) is 1.87. The highest BCUT2D eigenvalue weighted by molar-refractivity contribution is 5.82. The summed E-state index contributed by atoms with van der Waals surface area (Å²) in [4.78, 5) is 23.0. The second kappa shape index (κ2) is 2.87. The van der Waals surface area contributed by atoms with Crippen molar-refractivity contribution < 1.29 is 9.90 Å². The first-order chi connectivity index (χ1) is 5.18. The molecule has 1 amide bonds. The third-order valence-electron chi connectivity index (χ3n) is 1.03. The Morgan fingerprint density at radius 3 is 2.91 bits per heavy atom. The Hall–Kier alpha value is -1.78. The van der Waals surface area contributed by atoms with Gasteiger partial charge in [0.05, 0.1) is 5.69 Å². The first-order valence-electron chi connectivity index (χ1n) is 2.87. The Morgan fingerprint density at radius 1 is 1.64 bits per heavy atom. The van der Waals surface area contributed by atoms with E-state index in [-0.39, 0.29) is 11.2 Å². The van der Waals surface area contributed by atoms with E-state index in [1.807, 2.05) is 5.32 Å². The number of pyridine rings is 1. The number of aromatic amines is 1. The number of H-pyrrole nitrogens is 1. The summed E-state index contributed by atoms with van der Waals surface area (Å²) < 4.78 is 0. The summed E-state index contributed by atoms with van der Waals surface area (Å²) in [5.41, 5.74) is -0.0718. The topological polar surface area (TPSA) is 82.2 Å². The van der Waals surface area contributed by atoms with Crippen molar-refractivity contribution in [3.63, 3.8) is 0 Å². The molecule has 0 saturated carbocycles. The van der Waals surface area contributed by atoms with Crippen LogP contribution in [0.2, 0.25) is 0 Å². The van der Waals surface area contributed by atoms with Gasteiger partial charge in [-0.05, 0) is 6.07 Å². The van der Waals surface area contributed by atoms with Gasteiger partial charge < -0.3 is 10.1 Å². The van der Waals surface area contributed by atoms with Crippen molar-refractivity contribution >= 4 is 11.8 Å². The number of nitrogens with one attached hydrogen (secondary N) is 2. The zero-order valence-corrected chi connectivity index (χ0v) is 5.50. The molecule has 1 aromatic rings. The number of anilines is 1. The van der Waals surface area contributed by atoms with Crippen molar-refractivity contribution in [2.24, 2.45) is 0 Å². The van der Waals surface area contributed by atoms with E-state index in [1.54, 1.807) is 0 Å². The van der Waals surface area contributed by atoms with E-state index >= 15 is 0 Å². The van der Waals surface area contributed by atoms with Gasteiger partial charge in [-0.1, -0.05) is 0 Å². The lowest BCUT2D eigenvalue weighted by Crippen LogP contribution is -2.11. The number of carbonyl (C=O) groups is 1. The van der Waals surface area contributed by atoms with E-state index in [0.29, 0.717) is 0 Å². The van der Waals surface area contributed by atoms with Crippen LogP contribution >= 0.6 is 0 Å². The number of aromatic nitrogens is 1. The molecule has 1 rings (SSSR count). The molecule has 1 aromatic heterocycles. The third kappa shape index (κ3) is 2.13. The minimum Gasteiger partial charge on any atom is -0.465 e. The van der Waals surface area contributed by atoms with E-state index in [1.165, 1.54) is 12.3 Å². The van der Waals surface area contributed by atoms with Gasteiger partial charge in [0.25, 0.3) is 0 Å². The van der Waals surface area contributed by atoms with Gasteiger partial charge in [0.15, 0.2) is 0 Å². The van der Waals surface area contributed by atoms with Gasteiger partial charge in [-0.15, -0.1) is 0 Å². The van der Waals surface area contributed by atoms with Crippen LogP contribution in [0.5, 0.6) is 0 Å². The summed E-state index contributed by atoms with van der Waals surface area (Å²) >= 11 is 0. The molecule has 0 bridgehead atoms. The summed E-state index contributed by atoms with van der Waals surface area (Å²) in [6.07, 6.45) is 0.184. The Labute approximate surface area is 61.7 Å². The number of hydrogen-bond donors (Lipinski definition) is 3. The van der Waals surface area contributed by atoms with Gasteiger partial charge in [0.2, 0.25) is 5.56 Å². The highest BCUT2D eigenvalue weighted by Gasteiger charge is 1.95. The zero-order valence-electron chi connectivity index (χ0n) is 5.50. The van der Waals surface area contributed by atoms with Gasteiger partial charge >= 0.3 is 6.09 Å². The van der Waals surface area contributed by atoms with Crippen molar-refractivity contribution in [3.05, 3.63) is 28.7 Å². The van der Waals surface area contributed by atoms with Gasteiger partial charge in [-0.25, -0.2) is 4.79 Å². The van der Waals surface area contributed by atoms with Gasteiger partial charge in [0, 0.05) is 12.3 Å². The maximum absolute atomic E-state index is 10.6. The molecule has 0 fully saturated rings. The maximum atomic E-state index is 10.6. The van der Waals surface area contributed by atoms with Crippen molar-refractivity contribution in [1.82, 2.24) is 4.98 Å². The van der Waals surface area contributed by atoms with E-state index in [0.717, 1.165) is 6.07 Å². The molecular weight excluding hydrogens is 148 g/mol. The molecule has 0 aromatic carbocycles. The van der Waals surface area contributed by atoms with Crippen molar-refractivity contribution in [2.75, 3.05) is 5.32 Å². The third-order valence-corrected chi connectivity index (χ3v) is 1.03. The van der Waals surface area contributed by atoms with Gasteiger partial charge in [0.1, 0.15) is 0 Å². The highest BCUT2D eigenvalue weighted by Crippen LogP contribution is 1.98. The lowest BCUT2D eigenvalue weighted by molar-refractivity contribution is 0.210. The van der Waals surface area contributed by atoms with E-state index in [9.17, 15) is 9.59 Å². The van der Waals surface area contributed by atoms with Crippen LogP contribution in [0.1, 0.15) is 0 Å². The quantitative estimate of drug-likeness (QED) is 0.549. The predicted octanol–water partition coefficient (Wildman–Crippen LogP) is 0.465. The maximum Gasteiger partial charge on any atom is 0.409 e. The first kappa shape index (κ1) is 7.33. The zero-order chi connectivity index (χ0) is 8.27. The fourth-order valence-corrected chi connectivity index (χ4v) is 0.646. The van der Waals surface area contributed by atoms with Crippen LogP contribution in [-0.4, -0.2) is 16.2 Å². The summed E-state index contributed by atoms with van der Waals surface area (Å²) in [6.45, 7) is 0. The molecule has 0 atom stereocenters. The minimum absolute atomic E-state index is 0.265. The van der Waals surface area contributed by atoms with Gasteiger partial charge in [-0.2, -0.15) is 0 Å². The Balaban J connectivity index is 2.88. The standard InChI is InChI=1S/C6H6N2O3/c9-5-3-4(1-2-7-5)8-6(10)11/h1-3H,(H,10,11)(H2,7,8,9). The molecule has 0 aliphatic carbocycles. The summed E-state index contributed by atoms with van der Waals surface area (Å²) in [7, 11) is 0. The van der Waals surface area contributed by atoms with Crippen LogP contribution < -0.4 is 10.9 Å². The van der Waals surface area contributed by atoms with E-state index in [4.69, 9.17) is 5.11 Å². The monoisotopic (exact) mass is 154 g/mol. The van der Waals surface area contributed by atoms with E-state index < -0.39 is 6.09 Å². The molecule has 1 heterocycles. The molecule has 11 heavy (non-hydrogen) atoms. The van der Waals surface area contributed by atoms with Crippen molar-refractivity contribution in [1.29, 1.82) is 0 Å². The Kier molecular flexibility index (Phi) is 1.91. The molecule has 0 aliphatic heterocycles. The van der Waals surface area contributed by atoms with Crippen molar-refractivity contribution in [3.8, 4) is 0 Å². The normalized spacial score (nSPS) is 9.09. The number of carboxylic acid groups (broad SMARTS) is 1. The fourth-order valence-electron chi connectivity index (χ4n) is 0.646. The largest absolute Gasteiger partial charge is 0.465 e. The lowest BCUT2D eigenvalue weighted by Gasteiger charge is -1.96. The first-order valence-corrected chi connectivity index (χ1v) is 2.87. The number of amides is 1. The summed E-state index contributed by atoms with van der Waals surface area (Å²) in [5.74, 6) is 0. The summed E-state index contributed by atoms with van der Waals surface area (Å²) in [6, 6.07) is 2.61. The van der Waals surface area contributed by atoms with Crippen LogP contribution in [0.4, 0.5) is 10.5 Å². The lowest BCUT2D eigenvalue weighted by atomic mass is 10.4. The van der Waals surface area contributed by atoms with Crippen molar-refractivity contribution in [2.45, 2.75) is 0 Å². The molecule has 58 valence electrons. The second-order valence-electron chi connectivity index (χ2n) is 1.87. The molecule has 0 spiro atoms. The van der Waals surface area contributed by atoms with E-state index in [2.05, 4.69) is 4.98 Å². The minimum atomic E-state index is -1.18. The van der Waals surface area contributed by atoms with Crippen LogP contribution in [0.15, 0.2) is 23.1 Å². The van der Waals surface area contributed by atoms with Crippen LogP contribution in [-0.2, 0) is 0 Å². The smallest absolute Gasteiger partial charge is 0.409 e. The highest BCUT2D eigenvalue weighted by atomic mass is 16.4. The number of rotatable bonds is 1. The molecule has 5 nitrogen and oxygen atoms in total. The molecule has 0 saturated heterocycles. The Morgan fingerprint density at radius 2 is 2.36 bits per heavy atom. The molecule has 3 N–H and O–H groups in total. The average molecular weight is 154 g/mol. The molecule has 0 radical (unpaired) electrons. The summed E-state index contributed by atoms with van der Waals surface area (Å²) in [5, 5.41) is 10.3. The SMILES string of the molecule is O=C(O)Nc1cc[nH]c(=O)c1. The fraction of sp³-hybridized carbons (Fsp3) is 0. The molecule has 5 heteroatoms. The molecular formula is C6H6N2O3. The Bertz CT molecular complexity index is 318. The van der Waals surface area contributed by atoms with Crippen LogP contribution in [0.3, 0.4) is 0 Å². The predicted molar refractivity (Wildman–Crippen MR) is 38.7 cm³/mol. The van der Waals surface area contributed by atoms with Crippen LogP contribution in [0.25, 0.3) is 0 Å².